The van der Waals surface area contributed by atoms with Crippen LogP contribution in [0.25, 0.3) is 0 Å². The average molecular weight is 531 g/mol. The molecule has 0 aromatic rings. The van der Waals surface area contributed by atoms with Gasteiger partial charge >= 0.3 is 0 Å². The summed E-state index contributed by atoms with van der Waals surface area (Å²) in [6.07, 6.45) is 9.45. The van der Waals surface area contributed by atoms with Crippen LogP contribution in [-0.2, 0) is 0 Å². The highest BCUT2D eigenvalue weighted by Crippen LogP contribution is 2.56. The largest absolute Gasteiger partial charge is 0.251 e. The molecule has 0 nitrogen and oxygen atoms in total. The van der Waals surface area contributed by atoms with Crippen LogP contribution in [0.5, 0.6) is 0 Å². The highest BCUT2D eigenvalue weighted by Gasteiger charge is 2.57. The molecule has 0 aromatic carbocycles. The van der Waals surface area contributed by atoms with Crippen molar-refractivity contribution in [2.24, 2.45) is 50.7 Å². The highest BCUT2D eigenvalue weighted by atomic mass is 19.3. The van der Waals surface area contributed by atoms with E-state index < -0.39 is 12.1 Å². The van der Waals surface area contributed by atoms with Gasteiger partial charge < -0.3 is 0 Å². The first-order chi connectivity index (χ1) is 16.2. The van der Waals surface area contributed by atoms with E-state index in [-0.39, 0.29) is 17.8 Å². The van der Waals surface area contributed by atoms with Crippen LogP contribution < -0.4 is 0 Å². The lowest BCUT2D eigenvalue weighted by Crippen LogP contribution is -2.08. The molecule has 0 N–H and O–H groups in total. The fraction of sp³-hybridized carbons (Fsp3) is 1.00. The van der Waals surface area contributed by atoms with Gasteiger partial charge in [0.15, 0.2) is 0 Å². The van der Waals surface area contributed by atoms with Gasteiger partial charge in [-0.3, -0.25) is 0 Å². The van der Waals surface area contributed by atoms with Crippen molar-refractivity contribution in [3.8, 4) is 0 Å². The summed E-state index contributed by atoms with van der Waals surface area (Å²) < 4.78 is 37.0. The summed E-state index contributed by atoms with van der Waals surface area (Å²) in [5, 5.41) is 0. The van der Waals surface area contributed by atoms with Crippen LogP contribution in [-0.4, -0.2) is 12.1 Å². The second-order valence-electron chi connectivity index (χ2n) is 18.6. The molecular formula is C34H65F3. The minimum Gasteiger partial charge on any atom is -0.247 e. The van der Waals surface area contributed by atoms with E-state index in [4.69, 9.17) is 0 Å². The Kier molecular flexibility index (Phi) is 11.4. The summed E-state index contributed by atoms with van der Waals surface area (Å²) in [5.41, 5.74) is 2.18. The lowest BCUT2D eigenvalue weighted by Gasteiger charge is -2.18. The van der Waals surface area contributed by atoms with E-state index in [0.29, 0.717) is 34.0 Å². The van der Waals surface area contributed by atoms with Crippen LogP contribution in [0.4, 0.5) is 13.2 Å². The zero-order valence-electron chi connectivity index (χ0n) is 27.4. The van der Waals surface area contributed by atoms with Gasteiger partial charge in [-0.05, 0) is 83.4 Å². The maximum absolute atomic E-state index is 12.3. The summed E-state index contributed by atoms with van der Waals surface area (Å²) in [4.78, 5) is 0. The second kappa shape index (κ2) is 12.1. The van der Waals surface area contributed by atoms with Crippen molar-refractivity contribution in [3.05, 3.63) is 0 Å². The van der Waals surface area contributed by atoms with Gasteiger partial charge in [-0.15, -0.1) is 0 Å². The molecule has 4 saturated carbocycles. The fourth-order valence-electron chi connectivity index (χ4n) is 5.29. The maximum Gasteiger partial charge on any atom is 0.251 e. The van der Waals surface area contributed by atoms with E-state index in [0.717, 1.165) is 24.7 Å². The summed E-state index contributed by atoms with van der Waals surface area (Å²) in [5.74, 6) is -0.159. The van der Waals surface area contributed by atoms with E-state index in [1.165, 1.54) is 32.1 Å². The van der Waals surface area contributed by atoms with Crippen molar-refractivity contribution in [2.45, 2.75) is 167 Å². The standard InChI is InChI=1S/C10H20.C8H14F2.C8H15F.C8H16/c1-9(2,3)6-8-7-10(8,4)5;1-7(2,3)4-6-5-8(6,9)10;1-8(2,3)5-6-4-7(6)9;1-8(2,3)6-7-4-5-7/h8H,6-7H2,1-5H3;6H,4-5H2,1-3H3;6-7H,4-5H2,1-3H3;7H,4-6H2,1-3H3. The molecule has 0 spiro atoms. The molecular weight excluding hydrogens is 465 g/mol. The minimum atomic E-state index is -2.33. The molecule has 0 aromatic heterocycles. The molecule has 4 atom stereocenters. The lowest BCUT2D eigenvalue weighted by atomic mass is 9.87. The van der Waals surface area contributed by atoms with Gasteiger partial charge in [0, 0.05) is 12.3 Å². The van der Waals surface area contributed by atoms with Crippen LogP contribution in [0.3, 0.4) is 0 Å². The lowest BCUT2D eigenvalue weighted by molar-refractivity contribution is 0.0884. The average Bonchev–Trinajstić information content (AvgIpc) is 3.50. The Hall–Kier alpha value is -0.210. The van der Waals surface area contributed by atoms with E-state index in [9.17, 15) is 13.2 Å². The van der Waals surface area contributed by atoms with Crippen molar-refractivity contribution >= 4 is 0 Å². The SMILES string of the molecule is CC(C)(C)CC1CC1.CC(C)(C)CC1CC1(C)C.CC(C)(C)CC1CC1(F)F.CC(C)(C)CC1CC1F. The highest BCUT2D eigenvalue weighted by molar-refractivity contribution is 4.97. The summed E-state index contributed by atoms with van der Waals surface area (Å²) in [6, 6.07) is 0. The Labute approximate surface area is 230 Å². The van der Waals surface area contributed by atoms with Gasteiger partial charge in [-0.2, -0.15) is 0 Å². The monoisotopic (exact) mass is 531 g/mol. The van der Waals surface area contributed by atoms with E-state index in [2.05, 4.69) is 76.2 Å². The molecule has 0 heterocycles. The molecule has 37 heavy (non-hydrogen) atoms. The van der Waals surface area contributed by atoms with Crippen molar-refractivity contribution in [2.75, 3.05) is 0 Å². The molecule has 4 rings (SSSR count). The first-order valence-electron chi connectivity index (χ1n) is 15.2. The molecule has 4 fully saturated rings. The topological polar surface area (TPSA) is 0 Å². The van der Waals surface area contributed by atoms with Gasteiger partial charge in [0.1, 0.15) is 6.17 Å². The molecule has 0 bridgehead atoms. The van der Waals surface area contributed by atoms with E-state index >= 15 is 0 Å². The molecule has 222 valence electrons. The van der Waals surface area contributed by atoms with Gasteiger partial charge in [0.05, 0.1) is 0 Å². The molecule has 4 aliphatic rings. The molecule has 0 saturated heterocycles. The predicted octanol–water partition coefficient (Wildman–Crippen LogP) is 12.2. The Morgan fingerprint density at radius 1 is 0.595 bits per heavy atom. The second-order valence-corrected chi connectivity index (χ2v) is 18.6. The molecule has 0 aliphatic heterocycles. The Balaban J connectivity index is 0.000000248. The van der Waals surface area contributed by atoms with Gasteiger partial charge in [-0.25, -0.2) is 13.2 Å². The number of rotatable bonds is 4. The Bertz CT molecular complexity index is 640. The fourth-order valence-corrected chi connectivity index (χ4v) is 5.29. The summed E-state index contributed by atoms with van der Waals surface area (Å²) in [7, 11) is 0. The van der Waals surface area contributed by atoms with Crippen LogP contribution in [0.2, 0.25) is 0 Å². The first-order valence-corrected chi connectivity index (χ1v) is 15.2. The quantitative estimate of drug-likeness (QED) is 0.339. The van der Waals surface area contributed by atoms with Crippen molar-refractivity contribution in [3.63, 3.8) is 0 Å². The van der Waals surface area contributed by atoms with Crippen LogP contribution >= 0.6 is 0 Å². The molecule has 4 unspecified atom stereocenters. The van der Waals surface area contributed by atoms with Crippen molar-refractivity contribution in [1.82, 2.24) is 0 Å². The summed E-state index contributed by atoms with van der Waals surface area (Å²) >= 11 is 0. The maximum atomic E-state index is 12.3. The number of hydrogen-bond acceptors (Lipinski definition) is 0. The normalized spacial score (nSPS) is 29.4. The van der Waals surface area contributed by atoms with Gasteiger partial charge in [0.2, 0.25) is 0 Å². The molecule has 0 amide bonds. The van der Waals surface area contributed by atoms with Crippen LogP contribution in [0, 0.1) is 50.7 Å². The Morgan fingerprint density at radius 2 is 0.919 bits per heavy atom. The first kappa shape index (κ1) is 34.8. The predicted molar refractivity (Wildman–Crippen MR) is 157 cm³/mol. The molecule has 0 radical (unpaired) electrons. The van der Waals surface area contributed by atoms with E-state index in [1.807, 2.05) is 20.8 Å². The van der Waals surface area contributed by atoms with Gasteiger partial charge in [-0.1, -0.05) is 110 Å². The number of hydrogen-bond donors (Lipinski definition) is 0. The third-order valence-corrected chi connectivity index (χ3v) is 7.70. The number of halogens is 3. The number of alkyl halides is 3. The minimum absolute atomic E-state index is 0.0601. The third kappa shape index (κ3) is 18.7. The van der Waals surface area contributed by atoms with E-state index in [1.54, 1.807) is 0 Å². The zero-order chi connectivity index (χ0) is 29.3. The van der Waals surface area contributed by atoms with Crippen molar-refractivity contribution in [1.29, 1.82) is 0 Å². The van der Waals surface area contributed by atoms with Crippen molar-refractivity contribution < 1.29 is 13.2 Å². The van der Waals surface area contributed by atoms with Gasteiger partial charge in [0.25, 0.3) is 5.92 Å². The van der Waals surface area contributed by atoms with Crippen LogP contribution in [0.1, 0.15) is 155 Å². The van der Waals surface area contributed by atoms with Crippen LogP contribution in [0.15, 0.2) is 0 Å². The summed E-state index contributed by atoms with van der Waals surface area (Å²) in [6.45, 7) is 31.2. The molecule has 3 heteroatoms. The zero-order valence-corrected chi connectivity index (χ0v) is 27.4. The third-order valence-electron chi connectivity index (χ3n) is 7.70. The Morgan fingerprint density at radius 3 is 1.03 bits per heavy atom. The molecule has 4 aliphatic carbocycles. The smallest absolute Gasteiger partial charge is 0.247 e.